The number of anilines is 1. The van der Waals surface area contributed by atoms with E-state index in [9.17, 15) is 19.2 Å². The number of thiazole rings is 1. The van der Waals surface area contributed by atoms with E-state index < -0.39 is 23.9 Å². The number of nitrogens with zero attached hydrogens (tertiary/aromatic N) is 3. The third-order valence-corrected chi connectivity index (χ3v) is 7.73. The molecular formula is C23H27BrN6O4S. The van der Waals surface area contributed by atoms with Crippen LogP contribution in [0.2, 0.25) is 0 Å². The fourth-order valence-electron chi connectivity index (χ4n) is 4.16. The Morgan fingerprint density at radius 3 is 2.51 bits per heavy atom. The molecule has 4 rings (SSSR count). The highest BCUT2D eigenvalue weighted by atomic mass is 79.9. The predicted octanol–water partition coefficient (Wildman–Crippen LogP) is 1.37. The Kier molecular flexibility index (Phi) is 7.82. The summed E-state index contributed by atoms with van der Waals surface area (Å²) in [4.78, 5) is 59.5. The van der Waals surface area contributed by atoms with E-state index in [0.29, 0.717) is 23.7 Å². The van der Waals surface area contributed by atoms with Gasteiger partial charge in [-0.2, -0.15) is 0 Å². The van der Waals surface area contributed by atoms with Crippen LogP contribution >= 0.6 is 27.3 Å². The quantitative estimate of drug-likeness (QED) is 0.483. The molecule has 2 aromatic rings. The second-order valence-electron chi connectivity index (χ2n) is 8.75. The van der Waals surface area contributed by atoms with E-state index in [2.05, 4.69) is 41.8 Å². The molecule has 10 nitrogen and oxygen atoms in total. The van der Waals surface area contributed by atoms with Gasteiger partial charge in [0.15, 0.2) is 5.01 Å². The first kappa shape index (κ1) is 25.3. The van der Waals surface area contributed by atoms with Crippen molar-refractivity contribution in [3.63, 3.8) is 0 Å². The highest BCUT2D eigenvalue weighted by Crippen LogP contribution is 2.25. The standard InChI is InChI=1S/C23H27BrN6O4S/c1-13(31)30-10-8-16(26-21(33)20(32)25-15-5-3-14(24)4-6-15)18(11-30)27-22(34)23-28-17-7-9-29(2)12-19(17)35-23/h3-6,16,18H,7-12H2,1-2H3,(H,25,32)(H,26,33)(H,27,34)/t16-,18+/m0/s1. The number of benzene rings is 1. The number of aromatic nitrogens is 1. The molecule has 2 atom stereocenters. The summed E-state index contributed by atoms with van der Waals surface area (Å²) in [5.74, 6) is -2.07. The summed E-state index contributed by atoms with van der Waals surface area (Å²) < 4.78 is 0.851. The number of nitrogens with one attached hydrogen (secondary N) is 3. The maximum Gasteiger partial charge on any atom is 0.313 e. The van der Waals surface area contributed by atoms with Gasteiger partial charge < -0.3 is 25.8 Å². The van der Waals surface area contributed by atoms with E-state index in [-0.39, 0.29) is 18.4 Å². The fourth-order valence-corrected chi connectivity index (χ4v) is 5.52. The van der Waals surface area contributed by atoms with Crippen molar-refractivity contribution in [2.45, 2.75) is 38.4 Å². The molecule has 0 aliphatic carbocycles. The average molecular weight is 563 g/mol. The normalized spacial score (nSPS) is 20.0. The first-order valence-corrected chi connectivity index (χ1v) is 12.9. The molecule has 2 aliphatic heterocycles. The van der Waals surface area contributed by atoms with Gasteiger partial charge >= 0.3 is 11.8 Å². The maximum atomic E-state index is 13.0. The van der Waals surface area contributed by atoms with Crippen molar-refractivity contribution in [1.29, 1.82) is 0 Å². The topological polar surface area (TPSA) is 124 Å². The summed E-state index contributed by atoms with van der Waals surface area (Å²) in [6, 6.07) is 5.78. The first-order chi connectivity index (χ1) is 16.7. The molecule has 35 heavy (non-hydrogen) atoms. The van der Waals surface area contributed by atoms with Gasteiger partial charge in [0.1, 0.15) is 0 Å². The van der Waals surface area contributed by atoms with Gasteiger partial charge in [0.05, 0.1) is 17.8 Å². The van der Waals surface area contributed by atoms with Crippen molar-refractivity contribution in [2.24, 2.45) is 0 Å². The van der Waals surface area contributed by atoms with E-state index in [1.807, 2.05) is 7.05 Å². The Bertz CT molecular complexity index is 1140. The number of carbonyl (C=O) groups is 4. The summed E-state index contributed by atoms with van der Waals surface area (Å²) >= 11 is 4.69. The lowest BCUT2D eigenvalue weighted by atomic mass is 9.98. The molecule has 12 heteroatoms. The second kappa shape index (κ2) is 10.8. The molecule has 3 heterocycles. The molecule has 0 saturated carbocycles. The molecule has 1 aromatic carbocycles. The highest BCUT2D eigenvalue weighted by molar-refractivity contribution is 9.10. The number of piperidine rings is 1. The lowest BCUT2D eigenvalue weighted by Gasteiger charge is -2.38. The van der Waals surface area contributed by atoms with Gasteiger partial charge in [-0.15, -0.1) is 11.3 Å². The third-order valence-electron chi connectivity index (χ3n) is 6.12. The minimum absolute atomic E-state index is 0.116. The number of hydrogen-bond acceptors (Lipinski definition) is 7. The SMILES string of the molecule is CC(=O)N1CC[C@H](NC(=O)C(=O)Nc2ccc(Br)cc2)[C@H](NC(=O)c2nc3c(s2)CN(C)CC3)C1. The number of fused-ring (bicyclic) bond motifs is 1. The van der Waals surface area contributed by atoms with Gasteiger partial charge in [-0.05, 0) is 37.7 Å². The van der Waals surface area contributed by atoms with Crippen molar-refractivity contribution in [2.75, 3.05) is 32.0 Å². The van der Waals surface area contributed by atoms with Crippen molar-refractivity contribution in [3.05, 3.63) is 44.3 Å². The Labute approximate surface area is 215 Å². The van der Waals surface area contributed by atoms with Crippen LogP contribution < -0.4 is 16.0 Å². The second-order valence-corrected chi connectivity index (χ2v) is 10.8. The largest absolute Gasteiger partial charge is 0.343 e. The van der Waals surface area contributed by atoms with Crippen molar-refractivity contribution in [1.82, 2.24) is 25.4 Å². The molecule has 1 aromatic heterocycles. The van der Waals surface area contributed by atoms with E-state index in [1.165, 1.54) is 18.3 Å². The van der Waals surface area contributed by atoms with Crippen LogP contribution in [0, 0.1) is 0 Å². The van der Waals surface area contributed by atoms with Crippen LogP contribution in [0.25, 0.3) is 0 Å². The van der Waals surface area contributed by atoms with Crippen LogP contribution in [0.4, 0.5) is 5.69 Å². The molecule has 0 bridgehead atoms. The fraction of sp³-hybridized carbons (Fsp3) is 0.435. The van der Waals surface area contributed by atoms with E-state index in [1.54, 1.807) is 29.2 Å². The predicted molar refractivity (Wildman–Crippen MR) is 135 cm³/mol. The van der Waals surface area contributed by atoms with Gasteiger partial charge in [0, 0.05) is 54.6 Å². The van der Waals surface area contributed by atoms with Crippen LogP contribution in [0.1, 0.15) is 33.7 Å². The summed E-state index contributed by atoms with van der Waals surface area (Å²) in [7, 11) is 2.03. The minimum atomic E-state index is -0.804. The third kappa shape index (κ3) is 6.24. The van der Waals surface area contributed by atoms with Gasteiger partial charge in [-0.3, -0.25) is 19.2 Å². The smallest absolute Gasteiger partial charge is 0.313 e. The van der Waals surface area contributed by atoms with Crippen LogP contribution in [0.3, 0.4) is 0 Å². The molecule has 0 spiro atoms. The number of rotatable bonds is 4. The van der Waals surface area contributed by atoms with Gasteiger partial charge in [0.25, 0.3) is 5.91 Å². The Balaban J connectivity index is 1.43. The zero-order valence-corrected chi connectivity index (χ0v) is 21.9. The van der Waals surface area contributed by atoms with Crippen molar-refractivity contribution < 1.29 is 19.2 Å². The molecular weight excluding hydrogens is 536 g/mol. The number of likely N-dealkylation sites (N-methyl/N-ethyl adjacent to an activating group) is 1. The van der Waals surface area contributed by atoms with Gasteiger partial charge in [-0.25, -0.2) is 4.98 Å². The summed E-state index contributed by atoms with van der Waals surface area (Å²) in [5, 5.41) is 8.60. The summed E-state index contributed by atoms with van der Waals surface area (Å²) in [6.07, 6.45) is 1.20. The van der Waals surface area contributed by atoms with E-state index >= 15 is 0 Å². The summed E-state index contributed by atoms with van der Waals surface area (Å²) in [6.45, 7) is 3.76. The molecule has 4 amide bonds. The zero-order chi connectivity index (χ0) is 25.1. The van der Waals surface area contributed by atoms with Gasteiger partial charge in [0.2, 0.25) is 5.91 Å². The minimum Gasteiger partial charge on any atom is -0.343 e. The number of hydrogen-bond donors (Lipinski definition) is 3. The maximum absolute atomic E-state index is 13.0. The van der Waals surface area contributed by atoms with Crippen molar-refractivity contribution in [3.8, 4) is 0 Å². The van der Waals surface area contributed by atoms with E-state index in [0.717, 1.165) is 34.6 Å². The number of amides is 4. The Morgan fingerprint density at radius 1 is 1.06 bits per heavy atom. The lowest BCUT2D eigenvalue weighted by Crippen LogP contribution is -2.62. The monoisotopic (exact) mass is 562 g/mol. The highest BCUT2D eigenvalue weighted by Gasteiger charge is 2.34. The molecule has 186 valence electrons. The summed E-state index contributed by atoms with van der Waals surface area (Å²) in [5.41, 5.74) is 1.43. The molecule has 0 radical (unpaired) electrons. The lowest BCUT2D eigenvalue weighted by molar-refractivity contribution is -0.137. The van der Waals surface area contributed by atoms with Gasteiger partial charge in [-0.1, -0.05) is 15.9 Å². The number of carbonyl (C=O) groups excluding carboxylic acids is 4. The van der Waals surface area contributed by atoms with Crippen molar-refractivity contribution >= 4 is 56.6 Å². The molecule has 0 unspecified atom stereocenters. The van der Waals surface area contributed by atoms with E-state index in [4.69, 9.17) is 0 Å². The number of halogens is 1. The van der Waals surface area contributed by atoms with Crippen LogP contribution in [-0.4, -0.2) is 77.2 Å². The molecule has 1 saturated heterocycles. The number of likely N-dealkylation sites (tertiary alicyclic amines) is 1. The van der Waals surface area contributed by atoms with Crippen LogP contribution in [0.15, 0.2) is 28.7 Å². The Hall–Kier alpha value is -2.83. The molecule has 2 aliphatic rings. The first-order valence-electron chi connectivity index (χ1n) is 11.3. The zero-order valence-electron chi connectivity index (χ0n) is 19.5. The Morgan fingerprint density at radius 2 is 1.80 bits per heavy atom. The van der Waals surface area contributed by atoms with Crippen LogP contribution in [-0.2, 0) is 27.3 Å². The molecule has 3 N–H and O–H groups in total. The van der Waals surface area contributed by atoms with Crippen LogP contribution in [0.5, 0.6) is 0 Å². The average Bonchev–Trinajstić information content (AvgIpc) is 3.25. The molecule has 1 fully saturated rings.